The number of carbonyl (C=O) groups excluding carboxylic acids is 1. The van der Waals surface area contributed by atoms with Crippen molar-refractivity contribution in [2.24, 2.45) is 5.73 Å². The Morgan fingerprint density at radius 1 is 1.19 bits per heavy atom. The molecule has 1 heterocycles. The fourth-order valence-electron chi connectivity index (χ4n) is 2.07. The van der Waals surface area contributed by atoms with Gasteiger partial charge in [0.05, 0.1) is 0 Å². The van der Waals surface area contributed by atoms with Crippen molar-refractivity contribution in [1.29, 1.82) is 0 Å². The molecule has 1 aliphatic rings. The van der Waals surface area contributed by atoms with Gasteiger partial charge in [0.1, 0.15) is 5.78 Å². The Morgan fingerprint density at radius 3 is 2.56 bits per heavy atom. The van der Waals surface area contributed by atoms with E-state index in [-0.39, 0.29) is 0 Å². The van der Waals surface area contributed by atoms with E-state index in [4.69, 9.17) is 5.73 Å². The highest BCUT2D eigenvalue weighted by atomic mass is 16.1. The normalized spacial score (nSPS) is 17.7. The number of nitrogens with zero attached hydrogens (tertiary/aromatic N) is 1. The van der Waals surface area contributed by atoms with Crippen molar-refractivity contribution >= 4 is 5.78 Å². The zero-order chi connectivity index (χ0) is 11.4. The fourth-order valence-corrected chi connectivity index (χ4v) is 2.07. The van der Waals surface area contributed by atoms with E-state index in [1.165, 1.54) is 11.1 Å². The van der Waals surface area contributed by atoms with Gasteiger partial charge in [-0.1, -0.05) is 24.3 Å². The van der Waals surface area contributed by atoms with E-state index in [0.717, 1.165) is 19.6 Å². The zero-order valence-electron chi connectivity index (χ0n) is 9.48. The van der Waals surface area contributed by atoms with Crippen molar-refractivity contribution in [3.63, 3.8) is 0 Å². The molecule has 3 heteroatoms. The molecule has 1 aliphatic heterocycles. The van der Waals surface area contributed by atoms with Crippen molar-refractivity contribution in [3.05, 3.63) is 35.4 Å². The van der Waals surface area contributed by atoms with Gasteiger partial charge in [-0.25, -0.2) is 0 Å². The first-order chi connectivity index (χ1) is 7.78. The molecule has 1 aromatic carbocycles. The van der Waals surface area contributed by atoms with Crippen molar-refractivity contribution in [2.75, 3.05) is 13.1 Å². The van der Waals surface area contributed by atoms with Gasteiger partial charge in [0, 0.05) is 39.0 Å². The van der Waals surface area contributed by atoms with Crippen LogP contribution in [0.4, 0.5) is 0 Å². The van der Waals surface area contributed by atoms with Gasteiger partial charge in [-0.15, -0.1) is 0 Å². The van der Waals surface area contributed by atoms with Crippen molar-refractivity contribution in [3.8, 4) is 0 Å². The second-order valence-electron chi connectivity index (χ2n) is 4.34. The van der Waals surface area contributed by atoms with E-state index in [1.807, 2.05) is 12.1 Å². The Bertz CT molecular complexity index is 366. The van der Waals surface area contributed by atoms with Crippen molar-refractivity contribution in [1.82, 2.24) is 4.90 Å². The van der Waals surface area contributed by atoms with Crippen molar-refractivity contribution < 1.29 is 4.79 Å². The van der Waals surface area contributed by atoms with Crippen LogP contribution in [0.3, 0.4) is 0 Å². The van der Waals surface area contributed by atoms with Crippen LogP contribution in [0.1, 0.15) is 24.0 Å². The van der Waals surface area contributed by atoms with Gasteiger partial charge in [-0.3, -0.25) is 9.69 Å². The van der Waals surface area contributed by atoms with E-state index in [1.54, 1.807) is 0 Å². The summed E-state index contributed by atoms with van der Waals surface area (Å²) in [6.07, 6.45) is 1.41. The molecule has 0 atom stereocenters. The minimum Gasteiger partial charge on any atom is -0.326 e. The maximum Gasteiger partial charge on any atom is 0.135 e. The zero-order valence-corrected chi connectivity index (χ0v) is 9.48. The topological polar surface area (TPSA) is 46.3 Å². The number of likely N-dealkylation sites (tertiary alicyclic amines) is 1. The summed E-state index contributed by atoms with van der Waals surface area (Å²) >= 11 is 0. The second-order valence-corrected chi connectivity index (χ2v) is 4.34. The molecule has 1 aromatic rings. The Kier molecular flexibility index (Phi) is 3.70. The highest BCUT2D eigenvalue weighted by molar-refractivity contribution is 5.79. The fraction of sp³-hybridized carbons (Fsp3) is 0.462. The molecule has 0 unspecified atom stereocenters. The summed E-state index contributed by atoms with van der Waals surface area (Å²) in [7, 11) is 0. The lowest BCUT2D eigenvalue weighted by Crippen LogP contribution is -2.33. The molecule has 0 saturated carbocycles. The lowest BCUT2D eigenvalue weighted by Gasteiger charge is -2.25. The molecule has 86 valence electrons. The van der Waals surface area contributed by atoms with Crippen LogP contribution >= 0.6 is 0 Å². The lowest BCUT2D eigenvalue weighted by molar-refractivity contribution is -0.121. The number of hydrogen-bond donors (Lipinski definition) is 1. The number of Topliss-reactive ketones (excluding diaryl/α,β-unsaturated/α-hetero) is 1. The van der Waals surface area contributed by atoms with Crippen LogP contribution < -0.4 is 5.73 Å². The smallest absolute Gasteiger partial charge is 0.135 e. The van der Waals surface area contributed by atoms with Gasteiger partial charge >= 0.3 is 0 Å². The van der Waals surface area contributed by atoms with E-state index in [9.17, 15) is 4.79 Å². The highest BCUT2D eigenvalue weighted by Crippen LogP contribution is 2.12. The molecule has 1 fully saturated rings. The van der Waals surface area contributed by atoms with Crippen LogP contribution in [0.5, 0.6) is 0 Å². The molecule has 0 bridgehead atoms. The van der Waals surface area contributed by atoms with E-state index >= 15 is 0 Å². The summed E-state index contributed by atoms with van der Waals surface area (Å²) in [5, 5.41) is 0. The van der Waals surface area contributed by atoms with Crippen LogP contribution in [-0.2, 0) is 17.9 Å². The highest BCUT2D eigenvalue weighted by Gasteiger charge is 2.15. The van der Waals surface area contributed by atoms with Gasteiger partial charge in [0.15, 0.2) is 0 Å². The molecule has 0 amide bonds. The van der Waals surface area contributed by atoms with Crippen LogP contribution in [-0.4, -0.2) is 23.8 Å². The summed E-state index contributed by atoms with van der Waals surface area (Å²) in [5.41, 5.74) is 8.07. The predicted octanol–water partition coefficient (Wildman–Crippen LogP) is 1.31. The number of carbonyl (C=O) groups is 1. The summed E-state index contributed by atoms with van der Waals surface area (Å²) in [4.78, 5) is 13.4. The summed E-state index contributed by atoms with van der Waals surface area (Å²) < 4.78 is 0. The molecule has 16 heavy (non-hydrogen) atoms. The third-order valence-corrected chi connectivity index (χ3v) is 3.05. The largest absolute Gasteiger partial charge is 0.326 e. The van der Waals surface area contributed by atoms with E-state index in [0.29, 0.717) is 25.2 Å². The summed E-state index contributed by atoms with van der Waals surface area (Å²) in [6, 6.07) is 8.36. The minimum absolute atomic E-state index is 0.395. The van der Waals surface area contributed by atoms with Gasteiger partial charge in [-0.2, -0.15) is 0 Å². The summed E-state index contributed by atoms with van der Waals surface area (Å²) in [6.45, 7) is 3.31. The van der Waals surface area contributed by atoms with Crippen LogP contribution in [0, 0.1) is 0 Å². The maximum atomic E-state index is 11.1. The Morgan fingerprint density at radius 2 is 1.88 bits per heavy atom. The number of ketones is 1. The molecule has 1 saturated heterocycles. The first-order valence-electron chi connectivity index (χ1n) is 5.80. The monoisotopic (exact) mass is 218 g/mol. The number of rotatable bonds is 3. The third kappa shape index (κ3) is 2.90. The molecular weight excluding hydrogens is 200 g/mol. The lowest BCUT2D eigenvalue weighted by atomic mass is 10.1. The molecule has 0 aliphatic carbocycles. The second kappa shape index (κ2) is 5.23. The van der Waals surface area contributed by atoms with Gasteiger partial charge in [0.2, 0.25) is 0 Å². The molecule has 0 spiro atoms. The van der Waals surface area contributed by atoms with Crippen LogP contribution in [0.25, 0.3) is 0 Å². The first kappa shape index (κ1) is 11.3. The SMILES string of the molecule is NCc1cccc(CN2CCC(=O)CC2)c1. The van der Waals surface area contributed by atoms with Crippen LogP contribution in [0.15, 0.2) is 24.3 Å². The van der Waals surface area contributed by atoms with E-state index < -0.39 is 0 Å². The summed E-state index contributed by atoms with van der Waals surface area (Å²) in [5.74, 6) is 0.395. The maximum absolute atomic E-state index is 11.1. The van der Waals surface area contributed by atoms with Gasteiger partial charge in [-0.05, 0) is 11.1 Å². The average Bonchev–Trinajstić information content (AvgIpc) is 2.32. The number of piperidine rings is 1. The number of hydrogen-bond acceptors (Lipinski definition) is 3. The third-order valence-electron chi connectivity index (χ3n) is 3.05. The average molecular weight is 218 g/mol. The molecule has 2 rings (SSSR count). The molecule has 3 nitrogen and oxygen atoms in total. The minimum atomic E-state index is 0.395. The van der Waals surface area contributed by atoms with Crippen LogP contribution in [0.2, 0.25) is 0 Å². The quantitative estimate of drug-likeness (QED) is 0.832. The molecule has 0 radical (unpaired) electrons. The number of nitrogens with two attached hydrogens (primary N) is 1. The Balaban J connectivity index is 1.95. The number of benzene rings is 1. The molecular formula is C13H18N2O. The van der Waals surface area contributed by atoms with Crippen molar-refractivity contribution in [2.45, 2.75) is 25.9 Å². The standard InChI is InChI=1S/C13H18N2O/c14-9-11-2-1-3-12(8-11)10-15-6-4-13(16)5-7-15/h1-3,8H,4-7,9-10,14H2. The van der Waals surface area contributed by atoms with Gasteiger partial charge < -0.3 is 5.73 Å². The Labute approximate surface area is 96.2 Å². The van der Waals surface area contributed by atoms with Gasteiger partial charge in [0.25, 0.3) is 0 Å². The molecule has 0 aromatic heterocycles. The predicted molar refractivity (Wildman–Crippen MR) is 63.9 cm³/mol. The first-order valence-corrected chi connectivity index (χ1v) is 5.80. The Hall–Kier alpha value is -1.19. The molecule has 2 N–H and O–H groups in total. The van der Waals surface area contributed by atoms with E-state index in [2.05, 4.69) is 17.0 Å².